The fourth-order valence-corrected chi connectivity index (χ4v) is 4.90. The summed E-state index contributed by atoms with van der Waals surface area (Å²) in [6, 6.07) is 11.3. The summed E-state index contributed by atoms with van der Waals surface area (Å²) in [7, 11) is 1.54. The Hall–Kier alpha value is -3.82. The van der Waals surface area contributed by atoms with Crippen LogP contribution in [0.3, 0.4) is 0 Å². The number of morpholine rings is 1. The smallest absolute Gasteiger partial charge is 0.295 e. The monoisotopic (exact) mass is 536 g/mol. The zero-order valence-corrected chi connectivity index (χ0v) is 22.6. The molecule has 0 saturated carbocycles. The summed E-state index contributed by atoms with van der Waals surface area (Å²) in [5, 5.41) is 11.4. The van der Waals surface area contributed by atoms with Gasteiger partial charge in [-0.05, 0) is 55.3 Å². The lowest BCUT2D eigenvalue weighted by molar-refractivity contribution is -0.140. The summed E-state index contributed by atoms with van der Waals surface area (Å²) in [6.45, 7) is 10.5. The van der Waals surface area contributed by atoms with Crippen LogP contribution in [0.1, 0.15) is 30.5 Å². The minimum absolute atomic E-state index is 0.0392. The van der Waals surface area contributed by atoms with Crippen LogP contribution in [0.2, 0.25) is 0 Å². The van der Waals surface area contributed by atoms with Gasteiger partial charge >= 0.3 is 0 Å². The van der Waals surface area contributed by atoms with Crippen molar-refractivity contribution in [2.24, 2.45) is 0 Å². The van der Waals surface area contributed by atoms with Crippen molar-refractivity contribution in [3.63, 3.8) is 0 Å². The molecule has 2 saturated heterocycles. The maximum absolute atomic E-state index is 13.4. The van der Waals surface area contributed by atoms with Crippen LogP contribution in [-0.2, 0) is 14.3 Å². The molecule has 9 nitrogen and oxygen atoms in total. The predicted octanol–water partition coefficient (Wildman–Crippen LogP) is 3.80. The number of carbonyl (C=O) groups is 2. The molecular weight excluding hydrogens is 500 g/mol. The molecule has 1 unspecified atom stereocenters. The molecule has 0 aromatic heterocycles. The first-order valence-electron chi connectivity index (χ1n) is 13.2. The summed E-state index contributed by atoms with van der Waals surface area (Å²) in [5.74, 6) is 0.0473. The van der Waals surface area contributed by atoms with Gasteiger partial charge in [0.25, 0.3) is 11.7 Å². The number of benzene rings is 2. The number of Topliss-reactive ketones (excluding diaryl/α,β-unsaturated/α-hetero) is 1. The van der Waals surface area contributed by atoms with E-state index in [4.69, 9.17) is 18.9 Å². The topological polar surface area (TPSA) is 97.8 Å². The van der Waals surface area contributed by atoms with Gasteiger partial charge in [0.15, 0.2) is 11.5 Å². The van der Waals surface area contributed by atoms with Crippen molar-refractivity contribution >= 4 is 17.4 Å². The third-order valence-corrected chi connectivity index (χ3v) is 6.82. The normalized spacial score (nSPS) is 19.2. The molecule has 2 fully saturated rings. The Morgan fingerprint density at radius 3 is 2.49 bits per heavy atom. The van der Waals surface area contributed by atoms with Gasteiger partial charge in [-0.25, -0.2) is 0 Å². The van der Waals surface area contributed by atoms with E-state index in [1.54, 1.807) is 53.4 Å². The number of nitrogens with zero attached hydrogens (tertiary/aromatic N) is 2. The summed E-state index contributed by atoms with van der Waals surface area (Å²) in [6.07, 6.45) is 2.31. The molecule has 1 amide bonds. The van der Waals surface area contributed by atoms with Crippen molar-refractivity contribution < 1.29 is 33.6 Å². The van der Waals surface area contributed by atoms with Gasteiger partial charge in [0.1, 0.15) is 18.1 Å². The van der Waals surface area contributed by atoms with Crippen molar-refractivity contribution in [1.29, 1.82) is 0 Å². The number of aliphatic hydroxyl groups is 1. The zero-order chi connectivity index (χ0) is 27.8. The molecule has 208 valence electrons. The third kappa shape index (κ3) is 6.43. The number of methoxy groups -OCH3 is 1. The molecule has 1 atom stereocenters. The second kappa shape index (κ2) is 13.3. The van der Waals surface area contributed by atoms with Crippen LogP contribution >= 0.6 is 0 Å². The third-order valence-electron chi connectivity index (χ3n) is 6.82. The van der Waals surface area contributed by atoms with Gasteiger partial charge < -0.3 is 29.0 Å². The van der Waals surface area contributed by atoms with Crippen molar-refractivity contribution in [3.05, 3.63) is 71.8 Å². The lowest BCUT2D eigenvalue weighted by atomic mass is 9.95. The van der Waals surface area contributed by atoms with E-state index in [-0.39, 0.29) is 11.3 Å². The Morgan fingerprint density at radius 1 is 1.08 bits per heavy atom. The number of rotatable bonds is 12. The Balaban J connectivity index is 1.70. The van der Waals surface area contributed by atoms with Crippen molar-refractivity contribution in [1.82, 2.24) is 9.80 Å². The first-order valence-corrected chi connectivity index (χ1v) is 13.2. The van der Waals surface area contributed by atoms with E-state index in [1.807, 2.05) is 6.92 Å². The quantitative estimate of drug-likeness (QED) is 0.189. The summed E-state index contributed by atoms with van der Waals surface area (Å²) < 4.78 is 22.2. The molecular formula is C30H36N2O7. The van der Waals surface area contributed by atoms with Crippen molar-refractivity contribution in [2.75, 3.05) is 59.7 Å². The van der Waals surface area contributed by atoms with E-state index in [2.05, 4.69) is 11.5 Å². The molecule has 0 spiro atoms. The molecule has 9 heteroatoms. The number of ether oxygens (including phenoxy) is 4. The molecule has 2 aromatic carbocycles. The maximum Gasteiger partial charge on any atom is 0.295 e. The Bertz CT molecular complexity index is 1200. The molecule has 1 N–H and O–H groups in total. The molecule has 39 heavy (non-hydrogen) atoms. The fourth-order valence-electron chi connectivity index (χ4n) is 4.90. The summed E-state index contributed by atoms with van der Waals surface area (Å²) in [4.78, 5) is 30.5. The molecule has 2 aromatic rings. The average molecular weight is 537 g/mol. The number of aliphatic hydroxyl groups excluding tert-OH is 1. The molecule has 0 aliphatic carbocycles. The van der Waals surface area contributed by atoms with Crippen molar-refractivity contribution in [3.8, 4) is 17.2 Å². The molecule has 2 aliphatic rings. The Kier molecular flexibility index (Phi) is 9.62. The number of likely N-dealkylation sites (tertiary alicyclic amines) is 1. The van der Waals surface area contributed by atoms with E-state index < -0.39 is 17.7 Å². The molecule has 2 heterocycles. The first-order chi connectivity index (χ1) is 19.0. The van der Waals surface area contributed by atoms with E-state index in [0.29, 0.717) is 67.8 Å². The van der Waals surface area contributed by atoms with Gasteiger partial charge in [-0.3, -0.25) is 14.5 Å². The lowest BCUT2D eigenvalue weighted by Crippen LogP contribution is -2.39. The average Bonchev–Trinajstić information content (AvgIpc) is 3.22. The molecule has 0 bridgehead atoms. The fraction of sp³-hybridized carbons (Fsp3) is 0.400. The highest BCUT2D eigenvalue weighted by Crippen LogP contribution is 2.42. The number of hydrogen-bond acceptors (Lipinski definition) is 8. The van der Waals surface area contributed by atoms with E-state index in [9.17, 15) is 14.7 Å². The highest BCUT2D eigenvalue weighted by molar-refractivity contribution is 6.46. The van der Waals surface area contributed by atoms with Crippen LogP contribution in [0.5, 0.6) is 17.2 Å². The van der Waals surface area contributed by atoms with Crippen molar-refractivity contribution in [2.45, 2.75) is 19.4 Å². The zero-order valence-electron chi connectivity index (χ0n) is 22.6. The van der Waals surface area contributed by atoms with E-state index in [1.165, 1.54) is 7.11 Å². The molecule has 0 radical (unpaired) electrons. The predicted molar refractivity (Wildman–Crippen MR) is 147 cm³/mol. The number of ketones is 1. The van der Waals surface area contributed by atoms with Gasteiger partial charge in [0.2, 0.25) is 0 Å². The van der Waals surface area contributed by atoms with Crippen LogP contribution in [-0.4, -0.2) is 86.3 Å². The molecule has 2 aliphatic heterocycles. The van der Waals surface area contributed by atoms with Gasteiger partial charge in [-0.15, -0.1) is 0 Å². The number of hydrogen-bond donors (Lipinski definition) is 1. The van der Waals surface area contributed by atoms with Crippen LogP contribution in [0.25, 0.3) is 5.76 Å². The van der Waals surface area contributed by atoms with Crippen LogP contribution in [0, 0.1) is 0 Å². The minimum atomic E-state index is -0.782. The number of carbonyl (C=O) groups excluding carboxylic acids is 2. The first kappa shape index (κ1) is 28.2. The lowest BCUT2D eigenvalue weighted by Gasteiger charge is -2.29. The van der Waals surface area contributed by atoms with Gasteiger partial charge in [-0.1, -0.05) is 18.7 Å². The summed E-state index contributed by atoms with van der Waals surface area (Å²) in [5.41, 5.74) is 1.10. The Labute approximate surface area is 229 Å². The Morgan fingerprint density at radius 2 is 1.82 bits per heavy atom. The number of amides is 1. The second-order valence-electron chi connectivity index (χ2n) is 9.27. The maximum atomic E-state index is 13.4. The second-order valence-corrected chi connectivity index (χ2v) is 9.27. The van der Waals surface area contributed by atoms with Crippen LogP contribution in [0.15, 0.2) is 60.7 Å². The van der Waals surface area contributed by atoms with E-state index >= 15 is 0 Å². The summed E-state index contributed by atoms with van der Waals surface area (Å²) >= 11 is 0. The van der Waals surface area contributed by atoms with Gasteiger partial charge in [-0.2, -0.15) is 0 Å². The standard InChI is InChI=1S/C30H36N2O7/c1-4-17-39-23-10-7-21(8-11-23)28(33)26-27(22-9-12-24(38-5-2)25(20-22)36-3)32(30(35)29(26)34)14-6-13-31-15-18-37-19-16-31/h4,7-12,20,27,33H,1,5-6,13-19H2,2-3H3/b28-26+. The SMILES string of the molecule is C=CCOc1ccc(/C(O)=C2\C(=O)C(=O)N(CCCN3CCOCC3)C2c2ccc(OCC)c(OC)c2)cc1. The van der Waals surface area contributed by atoms with Gasteiger partial charge in [0, 0.05) is 31.7 Å². The largest absolute Gasteiger partial charge is 0.507 e. The minimum Gasteiger partial charge on any atom is -0.507 e. The molecule has 4 rings (SSSR count). The van der Waals surface area contributed by atoms with E-state index in [0.717, 1.165) is 19.6 Å². The van der Waals surface area contributed by atoms with Gasteiger partial charge in [0.05, 0.1) is 38.5 Å². The van der Waals surface area contributed by atoms with Crippen LogP contribution < -0.4 is 14.2 Å². The highest BCUT2D eigenvalue weighted by Gasteiger charge is 2.46. The van der Waals surface area contributed by atoms with Crippen LogP contribution in [0.4, 0.5) is 0 Å². The highest BCUT2D eigenvalue weighted by atomic mass is 16.5.